The number of aromatic nitrogens is 2. The number of nitrogens with one attached hydrogen (secondary N) is 1. The third-order valence-corrected chi connectivity index (χ3v) is 4.38. The van der Waals surface area contributed by atoms with Gasteiger partial charge in [-0.25, -0.2) is 0 Å². The number of H-pyrrole nitrogens is 1. The quantitative estimate of drug-likeness (QED) is 0.705. The van der Waals surface area contributed by atoms with Crippen LogP contribution in [0.25, 0.3) is 16.9 Å². The first-order chi connectivity index (χ1) is 12.5. The predicted molar refractivity (Wildman–Crippen MR) is 102 cm³/mol. The standard InChI is InChI=1S/C18H16Cl2N2O4/c1-24-15-6-10(7-16(25-2)18(15)26-3)14-9-17(23)21-22(14)13-5-4-11(19)8-12(13)20/h4-9H,1-3H3,(H,21,23). The molecule has 1 N–H and O–H groups in total. The van der Waals surface area contributed by atoms with Gasteiger partial charge in [0, 0.05) is 16.7 Å². The molecule has 0 fully saturated rings. The molecule has 0 aliphatic rings. The summed E-state index contributed by atoms with van der Waals surface area (Å²) in [6, 6.07) is 10.00. The van der Waals surface area contributed by atoms with Crippen molar-refractivity contribution in [3.63, 3.8) is 0 Å². The van der Waals surface area contributed by atoms with Crippen LogP contribution in [0.15, 0.2) is 41.2 Å². The molecule has 0 unspecified atom stereocenters. The second kappa shape index (κ2) is 7.35. The van der Waals surface area contributed by atoms with Crippen molar-refractivity contribution in [2.75, 3.05) is 21.3 Å². The van der Waals surface area contributed by atoms with E-state index in [9.17, 15) is 4.79 Å². The van der Waals surface area contributed by atoms with Crippen molar-refractivity contribution in [3.05, 3.63) is 56.8 Å². The van der Waals surface area contributed by atoms with Crippen LogP contribution in [0.4, 0.5) is 0 Å². The van der Waals surface area contributed by atoms with Gasteiger partial charge in [-0.05, 0) is 30.3 Å². The van der Waals surface area contributed by atoms with Gasteiger partial charge in [-0.3, -0.25) is 14.6 Å². The Labute approximate surface area is 159 Å². The summed E-state index contributed by atoms with van der Waals surface area (Å²) in [6.45, 7) is 0. The van der Waals surface area contributed by atoms with Crippen LogP contribution < -0.4 is 19.8 Å². The minimum Gasteiger partial charge on any atom is -0.493 e. The molecule has 26 heavy (non-hydrogen) atoms. The number of hydrogen-bond acceptors (Lipinski definition) is 4. The van der Waals surface area contributed by atoms with Gasteiger partial charge < -0.3 is 14.2 Å². The fourth-order valence-corrected chi connectivity index (χ4v) is 3.18. The first-order valence-corrected chi connectivity index (χ1v) is 8.32. The van der Waals surface area contributed by atoms with E-state index in [1.165, 1.54) is 27.4 Å². The molecule has 0 atom stereocenters. The monoisotopic (exact) mass is 394 g/mol. The highest BCUT2D eigenvalue weighted by Crippen LogP contribution is 2.41. The largest absolute Gasteiger partial charge is 0.493 e. The molecule has 3 aromatic rings. The lowest BCUT2D eigenvalue weighted by atomic mass is 10.1. The van der Waals surface area contributed by atoms with Gasteiger partial charge in [-0.2, -0.15) is 0 Å². The van der Waals surface area contributed by atoms with Gasteiger partial charge in [0.25, 0.3) is 5.56 Å². The van der Waals surface area contributed by atoms with Crippen LogP contribution in [-0.2, 0) is 0 Å². The van der Waals surface area contributed by atoms with Crippen molar-refractivity contribution in [1.82, 2.24) is 9.78 Å². The molecule has 0 bridgehead atoms. The third kappa shape index (κ3) is 3.25. The zero-order valence-electron chi connectivity index (χ0n) is 14.3. The average molecular weight is 395 g/mol. The summed E-state index contributed by atoms with van der Waals surface area (Å²) >= 11 is 12.3. The lowest BCUT2D eigenvalue weighted by molar-refractivity contribution is 0.324. The Morgan fingerprint density at radius 3 is 2.12 bits per heavy atom. The summed E-state index contributed by atoms with van der Waals surface area (Å²) in [5.41, 5.74) is 1.57. The summed E-state index contributed by atoms with van der Waals surface area (Å²) < 4.78 is 17.7. The lowest BCUT2D eigenvalue weighted by Crippen LogP contribution is -2.05. The Balaban J connectivity index is 2.24. The Morgan fingerprint density at radius 2 is 1.58 bits per heavy atom. The number of nitrogens with zero attached hydrogens (tertiary/aromatic N) is 1. The van der Waals surface area contributed by atoms with Crippen LogP contribution in [-0.4, -0.2) is 31.1 Å². The van der Waals surface area contributed by atoms with Gasteiger partial charge in [0.15, 0.2) is 11.5 Å². The molecular formula is C18H16Cl2N2O4. The highest BCUT2D eigenvalue weighted by atomic mass is 35.5. The van der Waals surface area contributed by atoms with Gasteiger partial charge in [0.05, 0.1) is 37.7 Å². The molecule has 0 amide bonds. The molecule has 3 rings (SSSR count). The minimum atomic E-state index is -0.278. The van der Waals surface area contributed by atoms with Gasteiger partial charge in [0.2, 0.25) is 5.75 Å². The normalized spacial score (nSPS) is 10.7. The molecule has 0 aliphatic carbocycles. The first kappa shape index (κ1) is 18.2. The fourth-order valence-electron chi connectivity index (χ4n) is 2.69. The van der Waals surface area contributed by atoms with E-state index in [1.54, 1.807) is 35.0 Å². The second-order valence-corrected chi connectivity index (χ2v) is 6.19. The number of benzene rings is 2. The van der Waals surface area contributed by atoms with Crippen molar-refractivity contribution >= 4 is 23.2 Å². The van der Waals surface area contributed by atoms with E-state index < -0.39 is 0 Å². The number of aromatic amines is 1. The Bertz CT molecular complexity index is 986. The smallest absolute Gasteiger partial charge is 0.265 e. The van der Waals surface area contributed by atoms with Crippen LogP contribution in [0.5, 0.6) is 17.2 Å². The van der Waals surface area contributed by atoms with E-state index >= 15 is 0 Å². The molecule has 8 heteroatoms. The average Bonchev–Trinajstić information content (AvgIpc) is 3.01. The van der Waals surface area contributed by atoms with Crippen LogP contribution in [0.3, 0.4) is 0 Å². The van der Waals surface area contributed by atoms with E-state index in [0.717, 1.165) is 0 Å². The summed E-state index contributed by atoms with van der Waals surface area (Å²) in [4.78, 5) is 12.0. The molecule has 0 saturated heterocycles. The number of methoxy groups -OCH3 is 3. The van der Waals surface area contributed by atoms with E-state index in [0.29, 0.717) is 44.2 Å². The molecule has 2 aromatic carbocycles. The Kier molecular flexibility index (Phi) is 5.15. The molecule has 0 radical (unpaired) electrons. The molecular weight excluding hydrogens is 379 g/mol. The fraction of sp³-hybridized carbons (Fsp3) is 0.167. The molecule has 6 nitrogen and oxygen atoms in total. The van der Waals surface area contributed by atoms with Crippen molar-refractivity contribution in [1.29, 1.82) is 0 Å². The summed E-state index contributed by atoms with van der Waals surface area (Å²) in [5.74, 6) is 1.42. The summed E-state index contributed by atoms with van der Waals surface area (Å²) in [5, 5.41) is 3.65. The van der Waals surface area contributed by atoms with Gasteiger partial charge in [-0.1, -0.05) is 23.2 Å². The molecule has 0 saturated carbocycles. The summed E-state index contributed by atoms with van der Waals surface area (Å²) in [6.07, 6.45) is 0. The molecule has 1 heterocycles. The maximum absolute atomic E-state index is 12.0. The SMILES string of the molecule is COc1cc(-c2cc(=O)[nH]n2-c2ccc(Cl)cc2Cl)cc(OC)c1OC. The number of rotatable bonds is 5. The zero-order valence-corrected chi connectivity index (χ0v) is 15.8. The van der Waals surface area contributed by atoms with Crippen molar-refractivity contribution in [2.24, 2.45) is 0 Å². The van der Waals surface area contributed by atoms with E-state index in [1.807, 2.05) is 0 Å². The maximum Gasteiger partial charge on any atom is 0.265 e. The molecule has 0 aliphatic heterocycles. The lowest BCUT2D eigenvalue weighted by Gasteiger charge is -2.15. The third-order valence-electron chi connectivity index (χ3n) is 3.84. The first-order valence-electron chi connectivity index (χ1n) is 7.56. The Hall–Kier alpha value is -2.57. The van der Waals surface area contributed by atoms with Crippen LogP contribution >= 0.6 is 23.2 Å². The number of hydrogen-bond donors (Lipinski definition) is 1. The van der Waals surface area contributed by atoms with Crippen LogP contribution in [0.2, 0.25) is 10.0 Å². The maximum atomic E-state index is 12.0. The van der Waals surface area contributed by atoms with E-state index in [-0.39, 0.29) is 5.56 Å². The highest BCUT2D eigenvalue weighted by Gasteiger charge is 2.18. The number of ether oxygens (including phenoxy) is 3. The van der Waals surface area contributed by atoms with Crippen molar-refractivity contribution in [3.8, 4) is 34.2 Å². The van der Waals surface area contributed by atoms with Crippen molar-refractivity contribution in [2.45, 2.75) is 0 Å². The number of halogens is 2. The zero-order chi connectivity index (χ0) is 18.8. The van der Waals surface area contributed by atoms with E-state index in [2.05, 4.69) is 5.10 Å². The topological polar surface area (TPSA) is 65.5 Å². The minimum absolute atomic E-state index is 0.278. The summed E-state index contributed by atoms with van der Waals surface area (Å²) in [7, 11) is 4.59. The predicted octanol–water partition coefficient (Wildman–Crippen LogP) is 4.17. The van der Waals surface area contributed by atoms with Gasteiger partial charge in [0.1, 0.15) is 0 Å². The van der Waals surface area contributed by atoms with Crippen LogP contribution in [0.1, 0.15) is 0 Å². The van der Waals surface area contributed by atoms with Gasteiger partial charge in [-0.15, -0.1) is 0 Å². The molecule has 0 spiro atoms. The molecule has 136 valence electrons. The molecule has 1 aromatic heterocycles. The second-order valence-electron chi connectivity index (χ2n) is 5.35. The van der Waals surface area contributed by atoms with Gasteiger partial charge >= 0.3 is 0 Å². The Morgan fingerprint density at radius 1 is 0.923 bits per heavy atom. The van der Waals surface area contributed by atoms with Crippen LogP contribution in [0, 0.1) is 0 Å². The van der Waals surface area contributed by atoms with Crippen molar-refractivity contribution < 1.29 is 14.2 Å². The van der Waals surface area contributed by atoms with E-state index in [4.69, 9.17) is 37.4 Å². The highest BCUT2D eigenvalue weighted by molar-refractivity contribution is 6.35.